The molecule has 0 aliphatic heterocycles. The molecule has 1 heterocycles. The molecule has 82 valence electrons. The van der Waals surface area contributed by atoms with Gasteiger partial charge in [-0.25, -0.2) is 4.79 Å². The third-order valence-electron chi connectivity index (χ3n) is 2.56. The van der Waals surface area contributed by atoms with Gasteiger partial charge in [0, 0.05) is 12.4 Å². The third-order valence-corrected chi connectivity index (χ3v) is 2.56. The monoisotopic (exact) mass is 216 g/mol. The molecule has 0 spiro atoms. The Morgan fingerprint density at radius 1 is 1.38 bits per heavy atom. The Morgan fingerprint density at radius 3 is 2.56 bits per heavy atom. The summed E-state index contributed by atoms with van der Waals surface area (Å²) >= 11 is 0. The van der Waals surface area contributed by atoms with E-state index in [1.54, 1.807) is 18.3 Å². The van der Waals surface area contributed by atoms with Gasteiger partial charge >= 0.3 is 5.97 Å². The van der Waals surface area contributed by atoms with Gasteiger partial charge in [-0.1, -0.05) is 12.1 Å². The number of nitrogens with zero attached hydrogens (tertiary/aromatic N) is 2. The van der Waals surface area contributed by atoms with Crippen molar-refractivity contribution >= 4 is 5.97 Å². The van der Waals surface area contributed by atoms with Crippen LogP contribution in [0.15, 0.2) is 42.7 Å². The molecule has 1 aromatic heterocycles. The second kappa shape index (κ2) is 4.18. The molecule has 2 rings (SSSR count). The number of hydrogen-bond acceptors (Lipinski definition) is 2. The van der Waals surface area contributed by atoms with Crippen LogP contribution in [0.25, 0.3) is 0 Å². The summed E-state index contributed by atoms with van der Waals surface area (Å²) in [6.45, 7) is 2.02. The molecule has 0 radical (unpaired) electrons. The van der Waals surface area contributed by atoms with E-state index in [9.17, 15) is 4.79 Å². The number of carboxylic acid groups (broad SMARTS) is 1. The first-order valence-electron chi connectivity index (χ1n) is 5.01. The average molecular weight is 216 g/mol. The van der Waals surface area contributed by atoms with Crippen molar-refractivity contribution in [3.05, 3.63) is 53.9 Å². The normalized spacial score (nSPS) is 12.3. The molecule has 0 aliphatic rings. The first kappa shape index (κ1) is 10.4. The molecule has 4 nitrogen and oxygen atoms in total. The van der Waals surface area contributed by atoms with E-state index in [0.29, 0.717) is 5.56 Å². The standard InChI is InChI=1S/C12H12N2O2/c1-9(14-8-2-7-13-14)10-3-5-11(6-4-10)12(15)16/h2-9H,1H3,(H,15,16). The van der Waals surface area contributed by atoms with Gasteiger partial charge in [-0.05, 0) is 30.7 Å². The van der Waals surface area contributed by atoms with Crippen molar-refractivity contribution in [2.24, 2.45) is 0 Å². The van der Waals surface area contributed by atoms with Crippen LogP contribution in [-0.2, 0) is 0 Å². The van der Waals surface area contributed by atoms with E-state index in [1.165, 1.54) is 0 Å². The summed E-state index contributed by atoms with van der Waals surface area (Å²) in [6.07, 6.45) is 3.61. The second-order valence-electron chi connectivity index (χ2n) is 3.59. The minimum atomic E-state index is -0.904. The predicted octanol–water partition coefficient (Wildman–Crippen LogP) is 2.19. The predicted molar refractivity (Wildman–Crippen MR) is 59.4 cm³/mol. The Morgan fingerprint density at radius 2 is 2.06 bits per heavy atom. The van der Waals surface area contributed by atoms with Crippen LogP contribution in [0.1, 0.15) is 28.9 Å². The van der Waals surface area contributed by atoms with Gasteiger partial charge in [-0.3, -0.25) is 4.68 Å². The van der Waals surface area contributed by atoms with Crippen LogP contribution in [0, 0.1) is 0 Å². The number of aromatic carboxylic acids is 1. The van der Waals surface area contributed by atoms with Crippen LogP contribution >= 0.6 is 0 Å². The first-order chi connectivity index (χ1) is 7.68. The molecular weight excluding hydrogens is 204 g/mol. The van der Waals surface area contributed by atoms with Crippen LogP contribution in [-0.4, -0.2) is 20.9 Å². The van der Waals surface area contributed by atoms with E-state index in [1.807, 2.05) is 36.0 Å². The van der Waals surface area contributed by atoms with Crippen molar-refractivity contribution in [2.45, 2.75) is 13.0 Å². The maximum Gasteiger partial charge on any atom is 0.335 e. The zero-order chi connectivity index (χ0) is 11.5. The van der Waals surface area contributed by atoms with Crippen molar-refractivity contribution in [3.8, 4) is 0 Å². The molecule has 1 aromatic carbocycles. The van der Waals surface area contributed by atoms with Gasteiger partial charge in [-0.15, -0.1) is 0 Å². The largest absolute Gasteiger partial charge is 0.478 e. The van der Waals surface area contributed by atoms with E-state index in [4.69, 9.17) is 5.11 Å². The summed E-state index contributed by atoms with van der Waals surface area (Å²) in [5, 5.41) is 12.9. The molecular formula is C12H12N2O2. The van der Waals surface area contributed by atoms with Gasteiger partial charge in [0.1, 0.15) is 0 Å². The Bertz CT molecular complexity index is 474. The van der Waals surface area contributed by atoms with Crippen LogP contribution in [0.2, 0.25) is 0 Å². The van der Waals surface area contributed by atoms with Crippen LogP contribution < -0.4 is 0 Å². The van der Waals surface area contributed by atoms with Crippen molar-refractivity contribution in [3.63, 3.8) is 0 Å². The third kappa shape index (κ3) is 1.95. The molecule has 16 heavy (non-hydrogen) atoms. The lowest BCUT2D eigenvalue weighted by atomic mass is 10.1. The highest BCUT2D eigenvalue weighted by molar-refractivity contribution is 5.87. The summed E-state index contributed by atoms with van der Waals surface area (Å²) in [6, 6.07) is 8.82. The SMILES string of the molecule is CC(c1ccc(C(=O)O)cc1)n1cccn1. The second-order valence-corrected chi connectivity index (χ2v) is 3.59. The van der Waals surface area contributed by atoms with Crippen molar-refractivity contribution in [1.29, 1.82) is 0 Å². The molecule has 1 atom stereocenters. The topological polar surface area (TPSA) is 55.1 Å². The van der Waals surface area contributed by atoms with Gasteiger partial charge < -0.3 is 5.11 Å². The molecule has 0 bridgehead atoms. The number of benzene rings is 1. The van der Waals surface area contributed by atoms with E-state index in [2.05, 4.69) is 5.10 Å². The minimum Gasteiger partial charge on any atom is -0.478 e. The Labute approximate surface area is 93.1 Å². The highest BCUT2D eigenvalue weighted by Gasteiger charge is 2.08. The van der Waals surface area contributed by atoms with Crippen molar-refractivity contribution in [1.82, 2.24) is 9.78 Å². The van der Waals surface area contributed by atoms with Crippen LogP contribution in [0.4, 0.5) is 0 Å². The zero-order valence-corrected chi connectivity index (χ0v) is 8.87. The van der Waals surface area contributed by atoms with E-state index in [-0.39, 0.29) is 6.04 Å². The summed E-state index contributed by atoms with van der Waals surface area (Å²) in [5.41, 5.74) is 1.34. The number of rotatable bonds is 3. The highest BCUT2D eigenvalue weighted by atomic mass is 16.4. The maximum absolute atomic E-state index is 10.7. The van der Waals surface area contributed by atoms with Crippen LogP contribution in [0.3, 0.4) is 0 Å². The fourth-order valence-electron chi connectivity index (χ4n) is 1.57. The number of carboxylic acids is 1. The Hall–Kier alpha value is -2.10. The molecule has 2 aromatic rings. The van der Waals surface area contributed by atoms with Crippen molar-refractivity contribution in [2.75, 3.05) is 0 Å². The van der Waals surface area contributed by atoms with E-state index < -0.39 is 5.97 Å². The molecule has 0 saturated heterocycles. The average Bonchev–Trinajstić information content (AvgIpc) is 2.81. The summed E-state index contributed by atoms with van der Waals surface area (Å²) in [7, 11) is 0. The summed E-state index contributed by atoms with van der Waals surface area (Å²) < 4.78 is 1.83. The number of aromatic nitrogens is 2. The van der Waals surface area contributed by atoms with Crippen LogP contribution in [0.5, 0.6) is 0 Å². The fraction of sp³-hybridized carbons (Fsp3) is 0.167. The quantitative estimate of drug-likeness (QED) is 0.855. The first-order valence-corrected chi connectivity index (χ1v) is 5.01. The lowest BCUT2D eigenvalue weighted by Crippen LogP contribution is -2.07. The number of carbonyl (C=O) groups is 1. The van der Waals surface area contributed by atoms with Gasteiger partial charge in [0.2, 0.25) is 0 Å². The highest BCUT2D eigenvalue weighted by Crippen LogP contribution is 2.17. The summed E-state index contributed by atoms with van der Waals surface area (Å²) in [5.74, 6) is -0.904. The summed E-state index contributed by atoms with van der Waals surface area (Å²) in [4.78, 5) is 10.7. The van der Waals surface area contributed by atoms with Gasteiger partial charge in [0.25, 0.3) is 0 Å². The molecule has 0 amide bonds. The molecule has 1 unspecified atom stereocenters. The zero-order valence-electron chi connectivity index (χ0n) is 8.87. The lowest BCUT2D eigenvalue weighted by molar-refractivity contribution is 0.0697. The molecule has 0 aliphatic carbocycles. The molecule has 0 fully saturated rings. The Balaban J connectivity index is 2.25. The molecule has 0 saturated carbocycles. The van der Waals surface area contributed by atoms with Gasteiger partial charge in [0.05, 0.1) is 11.6 Å². The molecule has 1 N–H and O–H groups in total. The number of hydrogen-bond donors (Lipinski definition) is 1. The van der Waals surface area contributed by atoms with E-state index in [0.717, 1.165) is 5.56 Å². The smallest absolute Gasteiger partial charge is 0.335 e. The lowest BCUT2D eigenvalue weighted by Gasteiger charge is -2.12. The van der Waals surface area contributed by atoms with Gasteiger partial charge in [-0.2, -0.15) is 5.10 Å². The molecule has 4 heteroatoms. The maximum atomic E-state index is 10.7. The Kier molecular flexibility index (Phi) is 2.72. The van der Waals surface area contributed by atoms with E-state index >= 15 is 0 Å². The van der Waals surface area contributed by atoms with Gasteiger partial charge in [0.15, 0.2) is 0 Å². The fourth-order valence-corrected chi connectivity index (χ4v) is 1.57. The van der Waals surface area contributed by atoms with Crippen molar-refractivity contribution < 1.29 is 9.90 Å². The minimum absolute atomic E-state index is 0.109.